The minimum absolute atomic E-state index is 0. The first-order valence-electron chi connectivity index (χ1n) is 9.01. The second-order valence-corrected chi connectivity index (χ2v) is 9.37. The predicted octanol–water partition coefficient (Wildman–Crippen LogP) is 1.60. The fourth-order valence-corrected chi connectivity index (χ4v) is 4.15. The number of halogens is 1. The molecule has 1 fully saturated rings. The molecule has 8 nitrogen and oxygen atoms in total. The molecule has 0 amide bonds. The molecule has 27 heavy (non-hydrogen) atoms. The van der Waals surface area contributed by atoms with Crippen LogP contribution in [-0.4, -0.2) is 58.8 Å². The number of aromatic nitrogens is 1. The molecule has 0 aromatic carbocycles. The predicted molar refractivity (Wildman–Crippen MR) is 124 cm³/mol. The van der Waals surface area contributed by atoms with Gasteiger partial charge < -0.3 is 15.5 Å². The molecule has 1 aliphatic carbocycles. The van der Waals surface area contributed by atoms with Crippen molar-refractivity contribution in [1.29, 1.82) is 0 Å². The number of aliphatic imine (C=N–C) groups is 1. The fraction of sp³-hybridized carbons (Fsp3) is 0.750. The standard InChI is InChI=1S/C16H30N6O2S2.HI/c1-4-17-15(19-11-14-12-25-16(21-14)22(2)3)18-8-9-26(23,24)20-10-13-6-5-7-13;/h12-13,20H,4-11H2,1-3H3,(H2,17,18,19);1H. The molecule has 0 unspecified atom stereocenters. The van der Waals surface area contributed by atoms with Crippen LogP contribution in [0.2, 0.25) is 0 Å². The summed E-state index contributed by atoms with van der Waals surface area (Å²) in [6.07, 6.45) is 3.47. The number of guanidine groups is 1. The second kappa shape index (κ2) is 12.0. The molecule has 1 aromatic rings. The summed E-state index contributed by atoms with van der Waals surface area (Å²) in [5.74, 6) is 1.15. The molecule has 0 aliphatic heterocycles. The molecule has 0 bridgehead atoms. The maximum absolute atomic E-state index is 12.0. The zero-order chi connectivity index (χ0) is 19.0. The molecule has 2 rings (SSSR count). The molecule has 156 valence electrons. The summed E-state index contributed by atoms with van der Waals surface area (Å²) in [5.41, 5.74) is 0.894. The maximum Gasteiger partial charge on any atom is 0.213 e. The lowest BCUT2D eigenvalue weighted by Gasteiger charge is -2.25. The van der Waals surface area contributed by atoms with Gasteiger partial charge >= 0.3 is 0 Å². The van der Waals surface area contributed by atoms with Crippen LogP contribution in [0.3, 0.4) is 0 Å². The van der Waals surface area contributed by atoms with E-state index in [1.54, 1.807) is 11.3 Å². The Labute approximate surface area is 183 Å². The molecule has 0 radical (unpaired) electrons. The lowest BCUT2D eigenvalue weighted by atomic mass is 9.86. The van der Waals surface area contributed by atoms with Crippen LogP contribution in [0.15, 0.2) is 10.4 Å². The summed E-state index contributed by atoms with van der Waals surface area (Å²) in [6.45, 7) is 4.01. The SMILES string of the molecule is CCNC(=NCc1csc(N(C)C)n1)NCCS(=O)(=O)NCC1CCC1.I. The van der Waals surface area contributed by atoms with Gasteiger partial charge in [0.15, 0.2) is 11.1 Å². The van der Waals surface area contributed by atoms with Crippen molar-refractivity contribution in [2.24, 2.45) is 10.9 Å². The van der Waals surface area contributed by atoms with Gasteiger partial charge in [-0.05, 0) is 25.7 Å². The van der Waals surface area contributed by atoms with E-state index in [0.717, 1.165) is 23.7 Å². The number of thiazole rings is 1. The van der Waals surface area contributed by atoms with E-state index in [9.17, 15) is 8.42 Å². The summed E-state index contributed by atoms with van der Waals surface area (Å²) < 4.78 is 26.8. The number of anilines is 1. The number of rotatable bonds is 10. The minimum atomic E-state index is -3.25. The van der Waals surface area contributed by atoms with Gasteiger partial charge in [0.25, 0.3) is 0 Å². The van der Waals surface area contributed by atoms with Crippen LogP contribution >= 0.6 is 35.3 Å². The molecule has 1 heterocycles. The number of hydrogen-bond acceptors (Lipinski definition) is 6. The van der Waals surface area contributed by atoms with Gasteiger partial charge in [-0.25, -0.2) is 23.1 Å². The average Bonchev–Trinajstić information content (AvgIpc) is 3.00. The van der Waals surface area contributed by atoms with Gasteiger partial charge in [0.05, 0.1) is 18.0 Å². The van der Waals surface area contributed by atoms with E-state index >= 15 is 0 Å². The Kier molecular flexibility index (Phi) is 10.9. The summed E-state index contributed by atoms with van der Waals surface area (Å²) in [5, 5.41) is 9.13. The van der Waals surface area contributed by atoms with Crippen molar-refractivity contribution >= 4 is 56.4 Å². The lowest BCUT2D eigenvalue weighted by Crippen LogP contribution is -2.42. The quantitative estimate of drug-likeness (QED) is 0.242. The highest BCUT2D eigenvalue weighted by Crippen LogP contribution is 2.25. The van der Waals surface area contributed by atoms with Crippen molar-refractivity contribution in [1.82, 2.24) is 20.3 Å². The Morgan fingerprint density at radius 3 is 2.67 bits per heavy atom. The van der Waals surface area contributed by atoms with E-state index in [1.807, 2.05) is 31.3 Å². The number of hydrogen-bond donors (Lipinski definition) is 3. The van der Waals surface area contributed by atoms with Crippen molar-refractivity contribution < 1.29 is 8.42 Å². The van der Waals surface area contributed by atoms with E-state index in [2.05, 4.69) is 25.3 Å². The molecular formula is C16H31IN6O2S2. The van der Waals surface area contributed by atoms with Gasteiger partial charge in [0.1, 0.15) is 0 Å². The Bertz CT molecular complexity index is 689. The van der Waals surface area contributed by atoms with Crippen LogP contribution in [-0.2, 0) is 16.6 Å². The Balaban J connectivity index is 0.00000364. The first kappa shape index (κ1) is 24.4. The molecule has 1 aliphatic rings. The van der Waals surface area contributed by atoms with E-state index in [0.29, 0.717) is 38.1 Å². The zero-order valence-electron chi connectivity index (χ0n) is 16.2. The van der Waals surface area contributed by atoms with E-state index in [1.165, 1.54) is 6.42 Å². The Hall–Kier alpha value is -0.660. The fourth-order valence-electron chi connectivity index (χ4n) is 2.39. The van der Waals surface area contributed by atoms with Crippen LogP contribution in [0.1, 0.15) is 31.9 Å². The number of nitrogens with zero attached hydrogens (tertiary/aromatic N) is 3. The molecule has 3 N–H and O–H groups in total. The number of sulfonamides is 1. The normalized spacial score (nSPS) is 15.0. The monoisotopic (exact) mass is 530 g/mol. The summed E-state index contributed by atoms with van der Waals surface area (Å²) in [6, 6.07) is 0. The third-order valence-corrected chi connectivity index (χ3v) is 6.55. The van der Waals surface area contributed by atoms with E-state index in [-0.39, 0.29) is 29.7 Å². The zero-order valence-corrected chi connectivity index (χ0v) is 20.2. The second-order valence-electron chi connectivity index (χ2n) is 6.60. The topological polar surface area (TPSA) is 98.7 Å². The molecule has 1 saturated carbocycles. The van der Waals surface area contributed by atoms with Gasteiger partial charge in [-0.3, -0.25) is 0 Å². The van der Waals surface area contributed by atoms with E-state index in [4.69, 9.17) is 0 Å². The molecule has 11 heteroatoms. The van der Waals surface area contributed by atoms with Gasteiger partial charge in [0, 0.05) is 39.1 Å². The highest BCUT2D eigenvalue weighted by Gasteiger charge is 2.20. The average molecular weight is 531 g/mol. The van der Waals surface area contributed by atoms with Gasteiger partial charge in [0.2, 0.25) is 10.0 Å². The van der Waals surface area contributed by atoms with Gasteiger partial charge in [-0.1, -0.05) is 6.42 Å². The van der Waals surface area contributed by atoms with Crippen LogP contribution in [0.5, 0.6) is 0 Å². The smallest absolute Gasteiger partial charge is 0.213 e. The molecule has 1 aromatic heterocycles. The third kappa shape index (κ3) is 8.92. The Morgan fingerprint density at radius 1 is 1.37 bits per heavy atom. The first-order valence-corrected chi connectivity index (χ1v) is 11.5. The van der Waals surface area contributed by atoms with Crippen molar-refractivity contribution in [2.45, 2.75) is 32.7 Å². The largest absolute Gasteiger partial charge is 0.357 e. The molecule has 0 spiro atoms. The first-order chi connectivity index (χ1) is 12.4. The molecular weight excluding hydrogens is 499 g/mol. The number of nitrogens with one attached hydrogen (secondary N) is 3. The maximum atomic E-state index is 12.0. The van der Waals surface area contributed by atoms with Crippen molar-refractivity contribution in [3.63, 3.8) is 0 Å². The van der Waals surface area contributed by atoms with Crippen LogP contribution in [0.25, 0.3) is 0 Å². The lowest BCUT2D eigenvalue weighted by molar-refractivity contribution is 0.316. The molecule has 0 atom stereocenters. The third-order valence-electron chi connectivity index (χ3n) is 4.15. The van der Waals surface area contributed by atoms with E-state index < -0.39 is 10.0 Å². The Morgan fingerprint density at radius 2 is 2.11 bits per heavy atom. The highest BCUT2D eigenvalue weighted by atomic mass is 127. The van der Waals surface area contributed by atoms with Gasteiger partial charge in [-0.2, -0.15) is 0 Å². The summed E-state index contributed by atoms with van der Waals surface area (Å²) in [4.78, 5) is 10.9. The van der Waals surface area contributed by atoms with Crippen molar-refractivity contribution in [3.8, 4) is 0 Å². The summed E-state index contributed by atoms with van der Waals surface area (Å²) in [7, 11) is 0.662. The van der Waals surface area contributed by atoms with Gasteiger partial charge in [-0.15, -0.1) is 35.3 Å². The summed E-state index contributed by atoms with van der Waals surface area (Å²) >= 11 is 1.58. The molecule has 0 saturated heterocycles. The van der Waals surface area contributed by atoms with Crippen molar-refractivity contribution in [2.75, 3.05) is 44.4 Å². The van der Waals surface area contributed by atoms with Crippen LogP contribution in [0, 0.1) is 5.92 Å². The highest BCUT2D eigenvalue weighted by molar-refractivity contribution is 14.0. The van der Waals surface area contributed by atoms with Crippen LogP contribution in [0.4, 0.5) is 5.13 Å². The minimum Gasteiger partial charge on any atom is -0.357 e. The van der Waals surface area contributed by atoms with Crippen LogP contribution < -0.4 is 20.3 Å². The van der Waals surface area contributed by atoms with Crippen molar-refractivity contribution in [3.05, 3.63) is 11.1 Å².